The summed E-state index contributed by atoms with van der Waals surface area (Å²) < 4.78 is 5.22. The van der Waals surface area contributed by atoms with Crippen LogP contribution in [0.5, 0.6) is 11.5 Å². The molecule has 1 fully saturated rings. The average molecular weight is 443 g/mol. The van der Waals surface area contributed by atoms with E-state index in [2.05, 4.69) is 34.5 Å². The molecule has 1 aliphatic rings. The number of hydrogen-bond acceptors (Lipinski definition) is 4. The molecule has 33 heavy (non-hydrogen) atoms. The molecule has 0 spiro atoms. The minimum atomic E-state index is -0.0882. The van der Waals surface area contributed by atoms with Gasteiger partial charge >= 0.3 is 0 Å². The monoisotopic (exact) mass is 442 g/mol. The number of nitrogens with one attached hydrogen (secondary N) is 1. The second-order valence-corrected chi connectivity index (χ2v) is 8.36. The summed E-state index contributed by atoms with van der Waals surface area (Å²) >= 11 is 0. The number of likely N-dealkylation sites (tertiary alicyclic amines) is 1. The Morgan fingerprint density at radius 1 is 1.03 bits per heavy atom. The number of amides is 1. The number of carbonyl (C=O) groups is 1. The number of carbonyl (C=O) groups excluding carboxylic acids is 1. The van der Waals surface area contributed by atoms with Crippen LogP contribution in [-0.4, -0.2) is 42.2 Å². The summed E-state index contributed by atoms with van der Waals surface area (Å²) in [6, 6.07) is 25.4. The summed E-state index contributed by atoms with van der Waals surface area (Å²) in [4.78, 5) is 15.8. The van der Waals surface area contributed by atoms with E-state index in [9.17, 15) is 9.90 Å². The normalized spacial score (nSPS) is 15.2. The van der Waals surface area contributed by atoms with E-state index in [0.717, 1.165) is 43.6 Å². The minimum Gasteiger partial charge on any atom is -0.504 e. The van der Waals surface area contributed by atoms with Gasteiger partial charge < -0.3 is 15.2 Å². The van der Waals surface area contributed by atoms with Crippen molar-refractivity contribution >= 4 is 17.6 Å². The number of nitrogens with zero attached hydrogens (tertiary/aromatic N) is 1. The molecule has 0 unspecified atom stereocenters. The highest BCUT2D eigenvalue weighted by atomic mass is 16.5. The number of benzene rings is 3. The van der Waals surface area contributed by atoms with Crippen LogP contribution in [0.4, 0.5) is 0 Å². The van der Waals surface area contributed by atoms with E-state index >= 15 is 0 Å². The number of hydrogen-bond donors (Lipinski definition) is 2. The molecule has 5 nitrogen and oxygen atoms in total. The molecule has 170 valence electrons. The van der Waals surface area contributed by atoms with Crippen LogP contribution < -0.4 is 10.1 Å². The van der Waals surface area contributed by atoms with Gasteiger partial charge in [-0.2, -0.15) is 0 Å². The number of rotatable bonds is 7. The smallest absolute Gasteiger partial charge is 0.252 e. The zero-order valence-electron chi connectivity index (χ0n) is 18.9. The van der Waals surface area contributed by atoms with E-state index in [1.807, 2.05) is 42.5 Å². The topological polar surface area (TPSA) is 61.8 Å². The van der Waals surface area contributed by atoms with Gasteiger partial charge in [-0.05, 0) is 47.7 Å². The van der Waals surface area contributed by atoms with Crippen molar-refractivity contribution in [3.8, 4) is 11.5 Å². The maximum Gasteiger partial charge on any atom is 0.252 e. The highest BCUT2D eigenvalue weighted by molar-refractivity contribution is 6.24. The molecular formula is C28H30N2O3. The van der Waals surface area contributed by atoms with E-state index in [1.165, 1.54) is 12.7 Å². The molecule has 0 saturated carbocycles. The highest BCUT2D eigenvalue weighted by Crippen LogP contribution is 2.29. The number of methoxy groups -OCH3 is 1. The van der Waals surface area contributed by atoms with Gasteiger partial charge in [-0.1, -0.05) is 66.7 Å². The zero-order valence-corrected chi connectivity index (χ0v) is 18.9. The van der Waals surface area contributed by atoms with E-state index in [-0.39, 0.29) is 17.7 Å². The lowest BCUT2D eigenvalue weighted by Crippen LogP contribution is -2.44. The Hall–Kier alpha value is -3.57. The van der Waals surface area contributed by atoms with Crippen LogP contribution in [0.3, 0.4) is 0 Å². The van der Waals surface area contributed by atoms with Crippen LogP contribution in [0.25, 0.3) is 11.6 Å². The molecule has 1 amide bonds. The Balaban J connectivity index is 1.45. The predicted molar refractivity (Wildman–Crippen MR) is 132 cm³/mol. The Kier molecular flexibility index (Phi) is 7.43. The lowest BCUT2D eigenvalue weighted by atomic mass is 9.99. The summed E-state index contributed by atoms with van der Waals surface area (Å²) in [6.45, 7) is 2.86. The van der Waals surface area contributed by atoms with Crippen LogP contribution in [0.15, 0.2) is 78.9 Å². The molecule has 0 atom stereocenters. The Morgan fingerprint density at radius 2 is 1.70 bits per heavy atom. The van der Waals surface area contributed by atoms with Gasteiger partial charge in [-0.3, -0.25) is 9.69 Å². The Labute approximate surface area is 195 Å². The van der Waals surface area contributed by atoms with Gasteiger partial charge in [0.2, 0.25) is 0 Å². The number of phenols is 1. The molecule has 0 bridgehead atoms. The fourth-order valence-corrected chi connectivity index (χ4v) is 4.19. The second kappa shape index (κ2) is 10.8. The fourth-order valence-electron chi connectivity index (χ4n) is 4.19. The third-order valence-electron chi connectivity index (χ3n) is 6.02. The maximum atomic E-state index is 13.3. The highest BCUT2D eigenvalue weighted by Gasteiger charge is 2.22. The molecule has 1 aliphatic heterocycles. The molecule has 4 rings (SSSR count). The molecule has 0 radical (unpaired) electrons. The van der Waals surface area contributed by atoms with Crippen LogP contribution in [-0.2, 0) is 11.3 Å². The van der Waals surface area contributed by atoms with Crippen molar-refractivity contribution in [3.05, 3.63) is 95.6 Å². The third-order valence-corrected chi connectivity index (χ3v) is 6.02. The first kappa shape index (κ1) is 22.6. The number of phenolic OH excluding ortho intramolecular Hbond substituents is 1. The molecule has 3 aromatic carbocycles. The van der Waals surface area contributed by atoms with Crippen LogP contribution in [0, 0.1) is 0 Å². The van der Waals surface area contributed by atoms with Crippen LogP contribution in [0.2, 0.25) is 0 Å². The largest absolute Gasteiger partial charge is 0.504 e. The quantitative estimate of drug-likeness (QED) is 0.411. The molecule has 2 N–H and O–H groups in total. The van der Waals surface area contributed by atoms with Crippen molar-refractivity contribution in [3.63, 3.8) is 0 Å². The van der Waals surface area contributed by atoms with Crippen LogP contribution in [0.1, 0.15) is 29.5 Å². The van der Waals surface area contributed by atoms with Gasteiger partial charge in [0.1, 0.15) is 0 Å². The summed E-state index contributed by atoms with van der Waals surface area (Å²) in [5.74, 6) is 0.361. The molecule has 0 aliphatic carbocycles. The Bertz CT molecular complexity index is 1090. The van der Waals surface area contributed by atoms with Crippen molar-refractivity contribution in [2.45, 2.75) is 25.4 Å². The van der Waals surface area contributed by atoms with Crippen molar-refractivity contribution in [1.29, 1.82) is 0 Å². The van der Waals surface area contributed by atoms with Gasteiger partial charge in [0.05, 0.1) is 7.11 Å². The minimum absolute atomic E-state index is 0.0719. The molecule has 5 heteroatoms. The summed E-state index contributed by atoms with van der Waals surface area (Å²) in [5.41, 5.74) is 3.55. The van der Waals surface area contributed by atoms with Gasteiger partial charge in [0, 0.05) is 31.2 Å². The lowest BCUT2D eigenvalue weighted by molar-refractivity contribution is -0.116. The molecule has 1 saturated heterocycles. The van der Waals surface area contributed by atoms with E-state index < -0.39 is 0 Å². The number of ether oxygens (including phenoxy) is 1. The van der Waals surface area contributed by atoms with Gasteiger partial charge in [-0.15, -0.1) is 0 Å². The van der Waals surface area contributed by atoms with Gasteiger partial charge in [0.25, 0.3) is 5.91 Å². The number of aromatic hydroxyl groups is 1. The average Bonchev–Trinajstić information content (AvgIpc) is 2.86. The molecular weight excluding hydrogens is 412 g/mol. The first-order chi connectivity index (χ1) is 16.1. The van der Waals surface area contributed by atoms with E-state index in [0.29, 0.717) is 11.3 Å². The van der Waals surface area contributed by atoms with Gasteiger partial charge in [0.15, 0.2) is 11.5 Å². The first-order valence-corrected chi connectivity index (χ1v) is 11.3. The Morgan fingerprint density at radius 3 is 2.36 bits per heavy atom. The summed E-state index contributed by atoms with van der Waals surface area (Å²) in [7, 11) is 1.51. The third kappa shape index (κ3) is 6.02. The summed E-state index contributed by atoms with van der Waals surface area (Å²) in [5, 5.41) is 13.1. The zero-order chi connectivity index (χ0) is 23.0. The maximum absolute atomic E-state index is 13.3. The second-order valence-electron chi connectivity index (χ2n) is 8.36. The van der Waals surface area contributed by atoms with Crippen LogP contribution >= 0.6 is 0 Å². The number of piperidine rings is 1. The molecule has 3 aromatic rings. The van der Waals surface area contributed by atoms with Crippen molar-refractivity contribution < 1.29 is 14.6 Å². The predicted octanol–water partition coefficient (Wildman–Crippen LogP) is 4.72. The summed E-state index contributed by atoms with van der Waals surface area (Å²) in [6.07, 6.45) is 3.69. The van der Waals surface area contributed by atoms with E-state index in [1.54, 1.807) is 18.2 Å². The van der Waals surface area contributed by atoms with Crippen molar-refractivity contribution in [2.24, 2.45) is 0 Å². The molecule has 1 heterocycles. The first-order valence-electron chi connectivity index (χ1n) is 11.3. The standard InChI is InChI=1S/C28H30N2O3/c1-33-27-19-22(12-13-26(27)31)18-25(23-10-6-3-7-11-23)28(32)29-24-14-16-30(17-15-24)20-21-8-4-2-5-9-21/h2-13,18-19,24,31H,14-17,20H2,1H3,(H,29,32)/b25-18+. The SMILES string of the molecule is COc1cc(/C=C(/C(=O)NC2CCN(Cc3ccccc3)CC2)c2ccccc2)ccc1O. The molecule has 0 aromatic heterocycles. The van der Waals surface area contributed by atoms with Crippen molar-refractivity contribution in [1.82, 2.24) is 10.2 Å². The fraction of sp³-hybridized carbons (Fsp3) is 0.250. The van der Waals surface area contributed by atoms with Gasteiger partial charge in [-0.25, -0.2) is 0 Å². The lowest BCUT2D eigenvalue weighted by Gasteiger charge is -2.32. The van der Waals surface area contributed by atoms with E-state index in [4.69, 9.17) is 4.74 Å². The van der Waals surface area contributed by atoms with Crippen molar-refractivity contribution in [2.75, 3.05) is 20.2 Å².